The monoisotopic (exact) mass is 335 g/mol. The van der Waals surface area contributed by atoms with Gasteiger partial charge in [0.25, 0.3) is 5.91 Å². The molecular weight excluding hydrogens is 317 g/mol. The fourth-order valence-corrected chi connectivity index (χ4v) is 3.59. The van der Waals surface area contributed by atoms with Gasteiger partial charge in [0.2, 0.25) is 0 Å². The number of amides is 1. The number of carbonyl (C=O) groups is 1. The molecule has 23 heavy (non-hydrogen) atoms. The number of hydrogen-bond acceptors (Lipinski definition) is 5. The van der Waals surface area contributed by atoms with Gasteiger partial charge in [-0.3, -0.25) is 4.79 Å². The lowest BCUT2D eigenvalue weighted by Crippen LogP contribution is -2.33. The Kier molecular flexibility index (Phi) is 4.41. The minimum Gasteiger partial charge on any atom is -0.507 e. The van der Waals surface area contributed by atoms with Gasteiger partial charge in [-0.1, -0.05) is 0 Å². The molecule has 0 aromatic heterocycles. The molecule has 2 aliphatic heterocycles. The van der Waals surface area contributed by atoms with Crippen molar-refractivity contribution in [1.29, 1.82) is 0 Å². The summed E-state index contributed by atoms with van der Waals surface area (Å²) >= 11 is 1.27. The Morgan fingerprint density at radius 3 is 2.96 bits per heavy atom. The standard InChI is InChI=1S/C16H18FN3O2S/c1-19(2)12-5-6-20(9-12)16-18-15(22)14(23-16)8-10-7-11(17)3-4-13(10)21/h3-4,7-8,12,21H,5-6,9H2,1-2H3/b14-8+. The highest BCUT2D eigenvalue weighted by atomic mass is 32.2. The number of aromatic hydroxyl groups is 1. The number of carbonyl (C=O) groups excluding carboxylic acids is 1. The SMILES string of the molecule is CN(C)C1CCN(C2=NC(=O)/C(=C\c3cc(F)ccc3O)S2)C1. The molecule has 122 valence electrons. The summed E-state index contributed by atoms with van der Waals surface area (Å²) in [5, 5.41) is 10.5. The summed E-state index contributed by atoms with van der Waals surface area (Å²) in [6, 6.07) is 4.10. The summed E-state index contributed by atoms with van der Waals surface area (Å²) in [6.07, 6.45) is 2.52. The highest BCUT2D eigenvalue weighted by Gasteiger charge is 2.32. The van der Waals surface area contributed by atoms with Crippen molar-refractivity contribution in [2.75, 3.05) is 27.2 Å². The number of thioether (sulfide) groups is 1. The maximum absolute atomic E-state index is 13.3. The average molecular weight is 335 g/mol. The topological polar surface area (TPSA) is 56.1 Å². The third-order valence-electron chi connectivity index (χ3n) is 4.05. The molecule has 0 aliphatic carbocycles. The van der Waals surface area contributed by atoms with Crippen LogP contribution in [0.25, 0.3) is 6.08 Å². The number of phenols is 1. The van der Waals surface area contributed by atoms with Gasteiger partial charge < -0.3 is 14.9 Å². The lowest BCUT2D eigenvalue weighted by molar-refractivity contribution is -0.113. The van der Waals surface area contributed by atoms with Gasteiger partial charge in [0, 0.05) is 24.7 Å². The van der Waals surface area contributed by atoms with Crippen LogP contribution in [0.4, 0.5) is 4.39 Å². The van der Waals surface area contributed by atoms with Gasteiger partial charge in [0.1, 0.15) is 11.6 Å². The highest BCUT2D eigenvalue weighted by molar-refractivity contribution is 8.18. The number of nitrogens with zero attached hydrogens (tertiary/aromatic N) is 3. The first-order chi connectivity index (χ1) is 10.9. The second-order valence-electron chi connectivity index (χ2n) is 5.87. The summed E-state index contributed by atoms with van der Waals surface area (Å²) in [4.78, 5) is 20.8. The van der Waals surface area contributed by atoms with Crippen LogP contribution in [-0.4, -0.2) is 59.2 Å². The van der Waals surface area contributed by atoms with Crippen LogP contribution < -0.4 is 0 Å². The molecule has 0 spiro atoms. The molecule has 1 unspecified atom stereocenters. The van der Waals surface area contributed by atoms with Crippen LogP contribution in [0.1, 0.15) is 12.0 Å². The van der Waals surface area contributed by atoms with Crippen LogP contribution in [0.3, 0.4) is 0 Å². The second kappa shape index (κ2) is 6.33. The third kappa shape index (κ3) is 3.40. The lowest BCUT2D eigenvalue weighted by Gasteiger charge is -2.20. The van der Waals surface area contributed by atoms with E-state index in [9.17, 15) is 14.3 Å². The number of phenolic OH excluding ortho intramolecular Hbond substituents is 1. The molecule has 2 aliphatic rings. The lowest BCUT2D eigenvalue weighted by atomic mass is 10.2. The Bertz CT molecular complexity index is 703. The van der Waals surface area contributed by atoms with E-state index >= 15 is 0 Å². The summed E-state index contributed by atoms with van der Waals surface area (Å²) < 4.78 is 13.3. The van der Waals surface area contributed by atoms with Crippen LogP contribution in [0, 0.1) is 5.82 Å². The van der Waals surface area contributed by atoms with Crippen LogP contribution >= 0.6 is 11.8 Å². The molecule has 1 fully saturated rings. The predicted octanol–water partition coefficient (Wildman–Crippen LogP) is 2.14. The van der Waals surface area contributed by atoms with E-state index in [1.807, 2.05) is 14.1 Å². The third-order valence-corrected chi connectivity index (χ3v) is 5.09. The smallest absolute Gasteiger partial charge is 0.286 e. The van der Waals surface area contributed by atoms with Crippen molar-refractivity contribution in [2.45, 2.75) is 12.5 Å². The average Bonchev–Trinajstić information content (AvgIpc) is 3.10. The maximum Gasteiger partial charge on any atom is 0.286 e. The van der Waals surface area contributed by atoms with Crippen molar-refractivity contribution in [2.24, 2.45) is 4.99 Å². The highest BCUT2D eigenvalue weighted by Crippen LogP contribution is 2.33. The normalized spacial score (nSPS) is 23.2. The van der Waals surface area contributed by atoms with Crippen LogP contribution in [0.15, 0.2) is 28.1 Å². The molecule has 7 heteroatoms. The van der Waals surface area contributed by atoms with E-state index in [1.54, 1.807) is 0 Å². The Morgan fingerprint density at radius 2 is 2.26 bits per heavy atom. The van der Waals surface area contributed by atoms with Gasteiger partial charge in [0.05, 0.1) is 4.91 Å². The molecule has 3 rings (SSSR count). The molecular formula is C16H18FN3O2S. The van der Waals surface area contributed by atoms with Crippen LogP contribution in [0.5, 0.6) is 5.75 Å². The van der Waals surface area contributed by atoms with Crippen molar-refractivity contribution in [1.82, 2.24) is 9.80 Å². The minimum atomic E-state index is -0.459. The summed E-state index contributed by atoms with van der Waals surface area (Å²) in [7, 11) is 4.09. The molecule has 1 aromatic rings. The molecule has 0 radical (unpaired) electrons. The molecule has 1 saturated heterocycles. The number of likely N-dealkylation sites (tertiary alicyclic amines) is 1. The van der Waals surface area contributed by atoms with Crippen molar-refractivity contribution >= 4 is 28.9 Å². The van der Waals surface area contributed by atoms with Crippen molar-refractivity contribution in [3.63, 3.8) is 0 Å². The summed E-state index contributed by atoms with van der Waals surface area (Å²) in [6.45, 7) is 1.70. The molecule has 1 N–H and O–H groups in total. The number of benzene rings is 1. The van der Waals surface area contributed by atoms with Gasteiger partial charge in [-0.2, -0.15) is 4.99 Å². The number of hydrogen-bond donors (Lipinski definition) is 1. The first-order valence-electron chi connectivity index (χ1n) is 7.36. The van der Waals surface area contributed by atoms with E-state index in [-0.39, 0.29) is 17.2 Å². The molecule has 5 nitrogen and oxygen atoms in total. The maximum atomic E-state index is 13.3. The van der Waals surface area contributed by atoms with Crippen molar-refractivity contribution in [3.8, 4) is 5.75 Å². The van der Waals surface area contributed by atoms with E-state index in [0.717, 1.165) is 19.5 Å². The quantitative estimate of drug-likeness (QED) is 0.839. The Labute approximate surface area is 138 Å². The van der Waals surface area contributed by atoms with Crippen LogP contribution in [0.2, 0.25) is 0 Å². The van der Waals surface area contributed by atoms with E-state index in [2.05, 4.69) is 14.8 Å². The molecule has 1 atom stereocenters. The van der Waals surface area contributed by atoms with Gasteiger partial charge >= 0.3 is 0 Å². The number of halogens is 1. The number of likely N-dealkylation sites (N-methyl/N-ethyl adjacent to an activating group) is 1. The van der Waals surface area contributed by atoms with Gasteiger partial charge in [-0.15, -0.1) is 0 Å². The van der Waals surface area contributed by atoms with Gasteiger partial charge in [0.15, 0.2) is 5.17 Å². The fourth-order valence-electron chi connectivity index (χ4n) is 2.65. The van der Waals surface area contributed by atoms with Gasteiger partial charge in [-0.25, -0.2) is 4.39 Å². The molecule has 0 bridgehead atoms. The minimum absolute atomic E-state index is 0.0606. The second-order valence-corrected chi connectivity index (χ2v) is 6.87. The predicted molar refractivity (Wildman–Crippen MR) is 89.7 cm³/mol. The summed E-state index contributed by atoms with van der Waals surface area (Å²) in [5.74, 6) is -0.865. The number of aliphatic imine (C=N–C) groups is 1. The zero-order valence-corrected chi connectivity index (χ0v) is 13.8. The zero-order chi connectivity index (χ0) is 16.6. The van der Waals surface area contributed by atoms with Crippen molar-refractivity contribution < 1.29 is 14.3 Å². The van der Waals surface area contributed by atoms with E-state index < -0.39 is 5.82 Å². The van der Waals surface area contributed by atoms with E-state index in [1.165, 1.54) is 36.0 Å². The van der Waals surface area contributed by atoms with E-state index in [4.69, 9.17) is 0 Å². The molecule has 2 heterocycles. The Balaban J connectivity index is 1.75. The molecule has 0 saturated carbocycles. The number of rotatable bonds is 2. The fraction of sp³-hybridized carbons (Fsp3) is 0.375. The first-order valence-corrected chi connectivity index (χ1v) is 8.18. The summed E-state index contributed by atoms with van der Waals surface area (Å²) in [5.41, 5.74) is 0.282. The van der Waals surface area contributed by atoms with Gasteiger partial charge in [-0.05, 0) is 56.6 Å². The Morgan fingerprint density at radius 1 is 1.48 bits per heavy atom. The van der Waals surface area contributed by atoms with E-state index in [0.29, 0.717) is 16.1 Å². The van der Waals surface area contributed by atoms with Crippen LogP contribution in [-0.2, 0) is 4.79 Å². The largest absolute Gasteiger partial charge is 0.507 e. The first kappa shape index (κ1) is 16.0. The number of amidine groups is 1. The molecule has 1 amide bonds. The van der Waals surface area contributed by atoms with Crippen molar-refractivity contribution in [3.05, 3.63) is 34.5 Å². The zero-order valence-electron chi connectivity index (χ0n) is 13.0. The Hall–Kier alpha value is -1.86. The molecule has 1 aromatic carbocycles.